The van der Waals surface area contributed by atoms with Crippen molar-refractivity contribution in [3.05, 3.63) is 0 Å². The van der Waals surface area contributed by atoms with E-state index in [9.17, 15) is 13.2 Å². The number of esters is 1. The highest BCUT2D eigenvalue weighted by Gasteiger charge is 2.31. The van der Waals surface area contributed by atoms with Crippen LogP contribution in [0.4, 0.5) is 0 Å². The van der Waals surface area contributed by atoms with Crippen molar-refractivity contribution in [2.75, 3.05) is 38.7 Å². The number of piperidine rings is 1. The molecule has 7 heteroatoms. The monoisotopic (exact) mass is 293 g/mol. The smallest absolute Gasteiger partial charge is 0.309 e. The van der Waals surface area contributed by atoms with Gasteiger partial charge in [-0.2, -0.15) is 0 Å². The van der Waals surface area contributed by atoms with Gasteiger partial charge in [0.25, 0.3) is 0 Å². The molecule has 0 aromatic rings. The minimum atomic E-state index is -3.26. The van der Waals surface area contributed by atoms with Crippen LogP contribution in [0, 0.1) is 5.92 Å². The first-order valence-electron chi connectivity index (χ1n) is 6.73. The van der Waals surface area contributed by atoms with Crippen LogP contribution in [0.5, 0.6) is 0 Å². The summed E-state index contributed by atoms with van der Waals surface area (Å²) in [6.45, 7) is 5.47. The third-order valence-electron chi connectivity index (χ3n) is 3.16. The summed E-state index contributed by atoms with van der Waals surface area (Å²) in [6.07, 6.45) is 1.07. The van der Waals surface area contributed by atoms with E-state index in [1.165, 1.54) is 4.31 Å². The lowest BCUT2D eigenvalue weighted by Crippen LogP contribution is -2.42. The SMILES string of the molecule is CCOCCS(=O)(=O)N1CCC(C(=O)OCC)CC1. The first-order valence-corrected chi connectivity index (χ1v) is 8.34. The summed E-state index contributed by atoms with van der Waals surface area (Å²) in [5.41, 5.74) is 0. The number of hydrogen-bond acceptors (Lipinski definition) is 5. The van der Waals surface area contributed by atoms with Crippen molar-refractivity contribution in [3.8, 4) is 0 Å². The van der Waals surface area contributed by atoms with Crippen LogP contribution in [0.2, 0.25) is 0 Å². The lowest BCUT2D eigenvalue weighted by molar-refractivity contribution is -0.149. The van der Waals surface area contributed by atoms with Gasteiger partial charge in [-0.1, -0.05) is 0 Å². The Morgan fingerprint density at radius 2 is 1.84 bits per heavy atom. The van der Waals surface area contributed by atoms with Crippen molar-refractivity contribution >= 4 is 16.0 Å². The van der Waals surface area contributed by atoms with Gasteiger partial charge in [0.05, 0.1) is 24.9 Å². The van der Waals surface area contributed by atoms with Crippen molar-refractivity contribution in [2.45, 2.75) is 26.7 Å². The molecule has 1 rings (SSSR count). The van der Waals surface area contributed by atoms with Crippen LogP contribution in [0.25, 0.3) is 0 Å². The van der Waals surface area contributed by atoms with Crippen LogP contribution in [0.15, 0.2) is 0 Å². The van der Waals surface area contributed by atoms with Crippen molar-refractivity contribution in [1.82, 2.24) is 4.31 Å². The van der Waals surface area contributed by atoms with Gasteiger partial charge < -0.3 is 9.47 Å². The summed E-state index contributed by atoms with van der Waals surface area (Å²) in [5, 5.41) is 0. The summed E-state index contributed by atoms with van der Waals surface area (Å²) < 4.78 is 35.5. The average molecular weight is 293 g/mol. The number of rotatable bonds is 7. The summed E-state index contributed by atoms with van der Waals surface area (Å²) in [6, 6.07) is 0. The van der Waals surface area contributed by atoms with Crippen LogP contribution in [-0.4, -0.2) is 57.4 Å². The molecule has 0 N–H and O–H groups in total. The zero-order valence-corrected chi connectivity index (χ0v) is 12.4. The summed E-state index contributed by atoms with van der Waals surface area (Å²) in [5.74, 6) is -0.377. The number of carbonyl (C=O) groups is 1. The van der Waals surface area contributed by atoms with E-state index in [-0.39, 0.29) is 24.2 Å². The third-order valence-corrected chi connectivity index (χ3v) is 4.99. The van der Waals surface area contributed by atoms with Gasteiger partial charge >= 0.3 is 5.97 Å². The zero-order chi connectivity index (χ0) is 14.3. The van der Waals surface area contributed by atoms with E-state index >= 15 is 0 Å². The molecule has 0 aromatic heterocycles. The minimum absolute atomic E-state index is 0.00487. The molecule has 19 heavy (non-hydrogen) atoms. The van der Waals surface area contributed by atoms with E-state index in [0.29, 0.717) is 39.1 Å². The summed E-state index contributed by atoms with van der Waals surface area (Å²) >= 11 is 0. The lowest BCUT2D eigenvalue weighted by Gasteiger charge is -2.30. The topological polar surface area (TPSA) is 72.9 Å². The van der Waals surface area contributed by atoms with Gasteiger partial charge in [0.1, 0.15) is 0 Å². The maximum atomic E-state index is 12.0. The molecular weight excluding hydrogens is 270 g/mol. The van der Waals surface area contributed by atoms with Crippen LogP contribution >= 0.6 is 0 Å². The fourth-order valence-corrected chi connectivity index (χ4v) is 3.42. The van der Waals surface area contributed by atoms with E-state index in [1.54, 1.807) is 6.92 Å². The van der Waals surface area contributed by atoms with Gasteiger partial charge in [-0.25, -0.2) is 12.7 Å². The molecule has 0 saturated carbocycles. The Morgan fingerprint density at radius 1 is 1.21 bits per heavy atom. The van der Waals surface area contributed by atoms with E-state index in [4.69, 9.17) is 9.47 Å². The molecular formula is C12H23NO5S. The predicted molar refractivity (Wildman–Crippen MR) is 71.2 cm³/mol. The largest absolute Gasteiger partial charge is 0.466 e. The normalized spacial score (nSPS) is 18.4. The van der Waals surface area contributed by atoms with Crippen molar-refractivity contribution in [2.24, 2.45) is 5.92 Å². The van der Waals surface area contributed by atoms with E-state index in [2.05, 4.69) is 0 Å². The first kappa shape index (κ1) is 16.4. The fraction of sp³-hybridized carbons (Fsp3) is 0.917. The molecule has 1 saturated heterocycles. The molecule has 1 aliphatic heterocycles. The van der Waals surface area contributed by atoms with E-state index < -0.39 is 10.0 Å². The molecule has 0 unspecified atom stereocenters. The zero-order valence-electron chi connectivity index (χ0n) is 11.6. The fourth-order valence-electron chi connectivity index (χ4n) is 2.07. The summed E-state index contributed by atoms with van der Waals surface area (Å²) in [7, 11) is -3.26. The second-order valence-corrected chi connectivity index (χ2v) is 6.53. The highest BCUT2D eigenvalue weighted by Crippen LogP contribution is 2.21. The molecule has 0 aromatic carbocycles. The number of ether oxygens (including phenoxy) is 2. The van der Waals surface area contributed by atoms with Gasteiger partial charge in [0, 0.05) is 19.7 Å². The first-order chi connectivity index (χ1) is 9.01. The molecule has 0 atom stereocenters. The molecule has 1 heterocycles. The molecule has 0 radical (unpaired) electrons. The predicted octanol–water partition coefficient (Wildman–Crippen LogP) is 0.628. The maximum absolute atomic E-state index is 12.0. The van der Waals surface area contributed by atoms with Gasteiger partial charge in [-0.05, 0) is 26.7 Å². The van der Waals surface area contributed by atoms with E-state index in [1.807, 2.05) is 6.92 Å². The average Bonchev–Trinajstić information content (AvgIpc) is 2.39. The van der Waals surface area contributed by atoms with Crippen LogP contribution in [0.1, 0.15) is 26.7 Å². The van der Waals surface area contributed by atoms with Crippen molar-refractivity contribution < 1.29 is 22.7 Å². The molecule has 112 valence electrons. The Hall–Kier alpha value is -0.660. The van der Waals surface area contributed by atoms with Gasteiger partial charge in [-0.3, -0.25) is 4.79 Å². The van der Waals surface area contributed by atoms with Crippen LogP contribution < -0.4 is 0 Å². The standard InChI is InChI=1S/C12H23NO5S/c1-3-17-9-10-19(15,16)13-7-5-11(6-8-13)12(14)18-4-2/h11H,3-10H2,1-2H3. The van der Waals surface area contributed by atoms with Crippen molar-refractivity contribution in [3.63, 3.8) is 0 Å². The second-order valence-electron chi connectivity index (χ2n) is 4.44. The van der Waals surface area contributed by atoms with Crippen LogP contribution in [-0.2, 0) is 24.3 Å². The van der Waals surface area contributed by atoms with Gasteiger partial charge in [0.15, 0.2) is 0 Å². The summed E-state index contributed by atoms with van der Waals surface area (Å²) in [4.78, 5) is 11.6. The Kier molecular flexibility index (Phi) is 6.74. The molecule has 6 nitrogen and oxygen atoms in total. The van der Waals surface area contributed by atoms with Gasteiger partial charge in [0.2, 0.25) is 10.0 Å². The molecule has 0 spiro atoms. The molecule has 0 bridgehead atoms. The number of nitrogens with zero attached hydrogens (tertiary/aromatic N) is 1. The Labute approximate surface area is 115 Å². The molecule has 1 aliphatic rings. The highest BCUT2D eigenvalue weighted by atomic mass is 32.2. The lowest BCUT2D eigenvalue weighted by atomic mass is 9.98. The molecule has 0 amide bonds. The molecule has 1 fully saturated rings. The van der Waals surface area contributed by atoms with Crippen molar-refractivity contribution in [1.29, 1.82) is 0 Å². The van der Waals surface area contributed by atoms with Crippen LogP contribution in [0.3, 0.4) is 0 Å². The number of hydrogen-bond donors (Lipinski definition) is 0. The maximum Gasteiger partial charge on any atom is 0.309 e. The van der Waals surface area contributed by atoms with E-state index in [0.717, 1.165) is 0 Å². The second kappa shape index (κ2) is 7.81. The number of sulfonamides is 1. The Morgan fingerprint density at radius 3 is 2.37 bits per heavy atom. The third kappa shape index (κ3) is 5.08. The number of carbonyl (C=O) groups excluding carboxylic acids is 1. The highest BCUT2D eigenvalue weighted by molar-refractivity contribution is 7.89. The Bertz CT molecular complexity index is 374. The Balaban J connectivity index is 2.42. The minimum Gasteiger partial charge on any atom is -0.466 e. The molecule has 0 aliphatic carbocycles. The quantitative estimate of drug-likeness (QED) is 0.508. The van der Waals surface area contributed by atoms with Gasteiger partial charge in [-0.15, -0.1) is 0 Å².